The third-order valence-corrected chi connectivity index (χ3v) is 7.05. The van der Waals surface area contributed by atoms with Gasteiger partial charge >= 0.3 is 0 Å². The van der Waals surface area contributed by atoms with E-state index in [1.54, 1.807) is 6.20 Å². The van der Waals surface area contributed by atoms with Crippen LogP contribution in [0.25, 0.3) is 22.6 Å². The van der Waals surface area contributed by atoms with E-state index in [2.05, 4.69) is 57.3 Å². The Morgan fingerprint density at radius 2 is 1.86 bits per heavy atom. The summed E-state index contributed by atoms with van der Waals surface area (Å²) in [5.41, 5.74) is 9.63. The molecule has 0 amide bonds. The molecule has 28 heavy (non-hydrogen) atoms. The van der Waals surface area contributed by atoms with Gasteiger partial charge in [-0.15, -0.1) is 0 Å². The summed E-state index contributed by atoms with van der Waals surface area (Å²) in [7, 11) is -1.13. The van der Waals surface area contributed by atoms with Crippen LogP contribution < -0.4 is 5.73 Å². The first-order valence-corrected chi connectivity index (χ1v) is 13.9. The van der Waals surface area contributed by atoms with Gasteiger partial charge in [0, 0.05) is 32.0 Å². The van der Waals surface area contributed by atoms with E-state index in [1.807, 2.05) is 31.2 Å². The fourth-order valence-corrected chi connectivity index (χ4v) is 4.14. The van der Waals surface area contributed by atoms with Crippen LogP contribution in [-0.2, 0) is 11.5 Å². The first-order chi connectivity index (χ1) is 13.3. The molecule has 0 unspecified atom stereocenters. The van der Waals surface area contributed by atoms with Crippen LogP contribution in [-0.4, -0.2) is 29.2 Å². The molecule has 0 radical (unpaired) electrons. The van der Waals surface area contributed by atoms with Gasteiger partial charge in [0.05, 0.1) is 0 Å². The van der Waals surface area contributed by atoms with Gasteiger partial charge in [0.25, 0.3) is 0 Å². The van der Waals surface area contributed by atoms with Gasteiger partial charge in [-0.3, -0.25) is 4.57 Å². The highest BCUT2D eigenvalue weighted by Crippen LogP contribution is 2.33. The monoisotopic (exact) mass is 458 g/mol. The molecular weight excluding hydrogens is 432 g/mol. The molecule has 0 spiro atoms. The molecule has 0 aliphatic rings. The molecule has 2 N–H and O–H groups in total. The molecule has 7 heteroatoms. The Hall–Kier alpha value is -1.96. The van der Waals surface area contributed by atoms with E-state index in [0.29, 0.717) is 12.5 Å². The topological polar surface area (TPSA) is 66.0 Å². The Labute approximate surface area is 176 Å². The zero-order chi connectivity index (χ0) is 20.3. The highest BCUT2D eigenvalue weighted by atomic mass is 79.9. The average molecular weight is 459 g/mol. The van der Waals surface area contributed by atoms with E-state index >= 15 is 0 Å². The summed E-state index contributed by atoms with van der Waals surface area (Å²) >= 11 is 3.74. The fraction of sp³-hybridized carbons (Fsp3) is 0.333. The van der Waals surface area contributed by atoms with Gasteiger partial charge in [-0.2, -0.15) is 0 Å². The van der Waals surface area contributed by atoms with Crippen LogP contribution in [0.3, 0.4) is 0 Å². The molecule has 0 aliphatic carbocycles. The van der Waals surface area contributed by atoms with Crippen molar-refractivity contribution in [2.24, 2.45) is 0 Å². The third kappa shape index (κ3) is 4.90. The third-order valence-electron chi connectivity index (χ3n) is 4.55. The molecule has 5 nitrogen and oxygen atoms in total. The number of nitrogen functional groups attached to an aromatic ring is 1. The molecule has 0 fully saturated rings. The van der Waals surface area contributed by atoms with E-state index in [1.165, 1.54) is 0 Å². The lowest BCUT2D eigenvalue weighted by Crippen LogP contribution is -2.22. The summed E-state index contributed by atoms with van der Waals surface area (Å²) in [5.74, 6) is 1.40. The lowest BCUT2D eigenvalue weighted by Gasteiger charge is -2.16. The molecule has 0 saturated carbocycles. The predicted molar refractivity (Wildman–Crippen MR) is 122 cm³/mol. The van der Waals surface area contributed by atoms with Gasteiger partial charge in [-0.1, -0.05) is 50.0 Å². The van der Waals surface area contributed by atoms with E-state index in [0.717, 1.165) is 45.5 Å². The normalized spacial score (nSPS) is 11.8. The SMILES string of the molecule is Cc1cc(-c2nc(-c3ccccc3)n(COCC[Si](C)(C)C)c2Br)cnc1N. The number of hydrogen-bond donors (Lipinski definition) is 1. The summed E-state index contributed by atoms with van der Waals surface area (Å²) in [6.07, 6.45) is 1.76. The molecule has 0 bridgehead atoms. The zero-order valence-corrected chi connectivity index (χ0v) is 19.5. The van der Waals surface area contributed by atoms with Crippen molar-refractivity contribution in [1.82, 2.24) is 14.5 Å². The van der Waals surface area contributed by atoms with Crippen LogP contribution in [0.4, 0.5) is 5.82 Å². The summed E-state index contributed by atoms with van der Waals surface area (Å²) < 4.78 is 8.97. The predicted octanol–water partition coefficient (Wildman–Crippen LogP) is 5.58. The maximum Gasteiger partial charge on any atom is 0.143 e. The van der Waals surface area contributed by atoms with Crippen molar-refractivity contribution >= 4 is 29.8 Å². The largest absolute Gasteiger partial charge is 0.383 e. The zero-order valence-electron chi connectivity index (χ0n) is 16.9. The number of nitrogens with two attached hydrogens (primary N) is 1. The van der Waals surface area contributed by atoms with Crippen LogP contribution in [0.15, 0.2) is 47.2 Å². The summed E-state index contributed by atoms with van der Waals surface area (Å²) in [4.78, 5) is 9.20. The Bertz CT molecular complexity index is 951. The molecule has 2 aromatic heterocycles. The Morgan fingerprint density at radius 1 is 1.14 bits per heavy atom. The molecule has 0 aliphatic heterocycles. The molecule has 0 saturated heterocycles. The fourth-order valence-electron chi connectivity index (χ4n) is 2.79. The number of halogens is 1. The number of ether oxygens (including phenoxy) is 1. The van der Waals surface area contributed by atoms with Gasteiger partial charge in [0.2, 0.25) is 0 Å². The number of rotatable bonds is 7. The minimum Gasteiger partial charge on any atom is -0.383 e. The van der Waals surface area contributed by atoms with E-state index in [-0.39, 0.29) is 0 Å². The quantitative estimate of drug-likeness (QED) is 0.370. The minimum absolute atomic E-state index is 0.448. The number of hydrogen-bond acceptors (Lipinski definition) is 4. The Kier molecular flexibility index (Phi) is 6.37. The van der Waals surface area contributed by atoms with E-state index in [4.69, 9.17) is 15.5 Å². The van der Waals surface area contributed by atoms with Crippen molar-refractivity contribution in [1.29, 1.82) is 0 Å². The maximum absolute atomic E-state index is 6.02. The second-order valence-electron chi connectivity index (χ2n) is 8.14. The lowest BCUT2D eigenvalue weighted by atomic mass is 10.1. The van der Waals surface area contributed by atoms with Gasteiger partial charge in [0.1, 0.15) is 28.7 Å². The van der Waals surface area contributed by atoms with Gasteiger partial charge < -0.3 is 10.5 Å². The number of aromatic nitrogens is 3. The van der Waals surface area contributed by atoms with Crippen LogP contribution >= 0.6 is 15.9 Å². The number of aryl methyl sites for hydroxylation is 1. The van der Waals surface area contributed by atoms with E-state index < -0.39 is 8.07 Å². The van der Waals surface area contributed by atoms with Gasteiger partial charge in [-0.05, 0) is 40.5 Å². The molecule has 1 aromatic carbocycles. The summed E-state index contributed by atoms with van der Waals surface area (Å²) in [6.45, 7) is 10.2. The van der Waals surface area contributed by atoms with Crippen molar-refractivity contribution in [3.63, 3.8) is 0 Å². The number of nitrogens with zero attached hydrogens (tertiary/aromatic N) is 3. The summed E-state index contributed by atoms with van der Waals surface area (Å²) in [6, 6.07) is 13.3. The summed E-state index contributed by atoms with van der Waals surface area (Å²) in [5, 5.41) is 0. The highest BCUT2D eigenvalue weighted by molar-refractivity contribution is 9.10. The second kappa shape index (κ2) is 8.59. The van der Waals surface area contributed by atoms with Crippen LogP contribution in [0.5, 0.6) is 0 Å². The van der Waals surface area contributed by atoms with Gasteiger partial charge in [0.15, 0.2) is 0 Å². The molecule has 3 aromatic rings. The van der Waals surface area contributed by atoms with Crippen molar-refractivity contribution < 1.29 is 4.74 Å². The van der Waals surface area contributed by atoms with Crippen molar-refractivity contribution in [2.75, 3.05) is 12.3 Å². The average Bonchev–Trinajstić information content (AvgIpc) is 2.98. The number of anilines is 1. The Morgan fingerprint density at radius 3 is 2.50 bits per heavy atom. The molecular formula is C21H27BrN4OSi. The number of pyridine rings is 1. The number of imidazole rings is 1. The number of benzene rings is 1. The Balaban J connectivity index is 1.96. The standard InChI is InChI=1S/C21H27BrN4OSi/c1-15-12-17(13-24-20(15)23)18-19(22)26(14-27-10-11-28(2,3)4)21(25-18)16-8-6-5-7-9-16/h5-9,12-13H,10-11,14H2,1-4H3,(H2,23,24). The van der Waals surface area contributed by atoms with Crippen LogP contribution in [0.1, 0.15) is 5.56 Å². The maximum atomic E-state index is 6.02. The first kappa shape index (κ1) is 20.8. The minimum atomic E-state index is -1.13. The van der Waals surface area contributed by atoms with Crippen molar-refractivity contribution in [3.05, 3.63) is 52.8 Å². The smallest absolute Gasteiger partial charge is 0.143 e. The van der Waals surface area contributed by atoms with Crippen LogP contribution in [0, 0.1) is 6.92 Å². The molecule has 148 valence electrons. The van der Waals surface area contributed by atoms with E-state index in [9.17, 15) is 0 Å². The van der Waals surface area contributed by atoms with Crippen LogP contribution in [0.2, 0.25) is 25.7 Å². The molecule has 2 heterocycles. The van der Waals surface area contributed by atoms with Crippen molar-refractivity contribution in [2.45, 2.75) is 39.3 Å². The van der Waals surface area contributed by atoms with Gasteiger partial charge in [-0.25, -0.2) is 9.97 Å². The molecule has 0 atom stereocenters. The molecule has 3 rings (SSSR count). The lowest BCUT2D eigenvalue weighted by molar-refractivity contribution is 0.0869. The second-order valence-corrected chi connectivity index (χ2v) is 14.5. The first-order valence-electron chi connectivity index (χ1n) is 9.38. The highest BCUT2D eigenvalue weighted by Gasteiger charge is 2.19. The van der Waals surface area contributed by atoms with Crippen molar-refractivity contribution in [3.8, 4) is 22.6 Å².